The van der Waals surface area contributed by atoms with Gasteiger partial charge in [-0.15, -0.1) is 15.4 Å². The van der Waals surface area contributed by atoms with Crippen molar-refractivity contribution in [3.05, 3.63) is 88.3 Å². The number of anilines is 1. The van der Waals surface area contributed by atoms with E-state index in [4.69, 9.17) is 4.63 Å². The van der Waals surface area contributed by atoms with Crippen LogP contribution in [-0.4, -0.2) is 21.2 Å². The van der Waals surface area contributed by atoms with E-state index in [0.717, 1.165) is 15.9 Å². The lowest BCUT2D eigenvalue weighted by atomic mass is 9.90. The molecule has 134 valence electrons. The molecule has 27 heavy (non-hydrogen) atoms. The van der Waals surface area contributed by atoms with E-state index < -0.39 is 5.82 Å². The predicted octanol–water partition coefficient (Wildman–Crippen LogP) is 2.25. The maximum atomic E-state index is 14.3. The molecule has 0 atom stereocenters. The molecule has 0 spiro atoms. The van der Waals surface area contributed by atoms with Gasteiger partial charge in [0.1, 0.15) is 11.4 Å². The molecule has 1 aliphatic heterocycles. The zero-order valence-corrected chi connectivity index (χ0v) is 13.8. The van der Waals surface area contributed by atoms with Gasteiger partial charge in [-0.05, 0) is 28.2 Å². The Morgan fingerprint density at radius 2 is 1.85 bits per heavy atom. The fourth-order valence-electron chi connectivity index (χ4n) is 3.29. The summed E-state index contributed by atoms with van der Waals surface area (Å²) in [6.07, 6.45) is 0.183. The molecule has 2 aliphatic rings. The number of aromatic nitrogens is 2. The SMILES string of the molecule is [O-][n+]1onc2c1CC(c1ccccc1)=C1C2=NN(c2ccccc2F)N1O. The van der Waals surface area contributed by atoms with Crippen LogP contribution in [0, 0.1) is 11.0 Å². The number of hydrogen-bond acceptors (Lipinski definition) is 7. The van der Waals surface area contributed by atoms with Crippen molar-refractivity contribution in [3.63, 3.8) is 0 Å². The van der Waals surface area contributed by atoms with Gasteiger partial charge >= 0.3 is 0 Å². The second kappa shape index (κ2) is 5.64. The number of fused-ring (bicyclic) bond motifs is 3. The van der Waals surface area contributed by atoms with Gasteiger partial charge in [0.05, 0.1) is 0 Å². The fourth-order valence-corrected chi connectivity index (χ4v) is 3.29. The van der Waals surface area contributed by atoms with Crippen LogP contribution in [0.5, 0.6) is 0 Å². The lowest BCUT2D eigenvalue weighted by Crippen LogP contribution is -2.35. The van der Waals surface area contributed by atoms with Crippen LogP contribution in [0.4, 0.5) is 10.1 Å². The third-order valence-corrected chi connectivity index (χ3v) is 4.54. The molecule has 1 aromatic heterocycles. The van der Waals surface area contributed by atoms with Crippen molar-refractivity contribution in [2.24, 2.45) is 5.10 Å². The average Bonchev–Trinajstić information content (AvgIpc) is 3.23. The molecule has 8 nitrogen and oxygen atoms in total. The highest BCUT2D eigenvalue weighted by molar-refractivity contribution is 6.18. The lowest BCUT2D eigenvalue weighted by molar-refractivity contribution is -0.807. The molecule has 3 aromatic rings. The summed E-state index contributed by atoms with van der Waals surface area (Å²) in [6.45, 7) is 0. The van der Waals surface area contributed by atoms with Crippen LogP contribution < -0.4 is 10.0 Å². The summed E-state index contributed by atoms with van der Waals surface area (Å²) in [7, 11) is 0. The minimum Gasteiger partial charge on any atom is -0.359 e. The second-order valence-corrected chi connectivity index (χ2v) is 6.07. The first-order valence-electron chi connectivity index (χ1n) is 8.15. The Bertz CT molecular complexity index is 1110. The number of nitrogens with zero attached hydrogens (tertiary/aromatic N) is 5. The van der Waals surface area contributed by atoms with Crippen LogP contribution in [0.1, 0.15) is 17.0 Å². The van der Waals surface area contributed by atoms with Crippen LogP contribution in [0.2, 0.25) is 0 Å². The van der Waals surface area contributed by atoms with Gasteiger partial charge in [0, 0.05) is 11.6 Å². The smallest absolute Gasteiger partial charge is 0.274 e. The van der Waals surface area contributed by atoms with Gasteiger partial charge in [-0.1, -0.05) is 42.5 Å². The molecule has 0 saturated carbocycles. The average molecular weight is 365 g/mol. The largest absolute Gasteiger partial charge is 0.359 e. The first-order valence-corrected chi connectivity index (χ1v) is 8.15. The Balaban J connectivity index is 1.74. The summed E-state index contributed by atoms with van der Waals surface area (Å²) < 4.78 is 19.0. The maximum absolute atomic E-state index is 14.3. The minimum absolute atomic E-state index is 0.0573. The Morgan fingerprint density at radius 3 is 2.63 bits per heavy atom. The van der Waals surface area contributed by atoms with Crippen molar-refractivity contribution >= 4 is 17.0 Å². The van der Waals surface area contributed by atoms with Crippen LogP contribution in [0.3, 0.4) is 0 Å². The Labute approximate surface area is 152 Å². The van der Waals surface area contributed by atoms with Gasteiger partial charge < -0.3 is 5.21 Å². The van der Waals surface area contributed by atoms with Crippen LogP contribution in [0.15, 0.2) is 70.0 Å². The van der Waals surface area contributed by atoms with E-state index >= 15 is 0 Å². The van der Waals surface area contributed by atoms with E-state index in [9.17, 15) is 14.8 Å². The summed E-state index contributed by atoms with van der Waals surface area (Å²) in [5, 5.41) is 32.6. The summed E-state index contributed by atoms with van der Waals surface area (Å²) >= 11 is 0. The number of halogens is 1. The number of hydrazine groups is 1. The van der Waals surface area contributed by atoms with Crippen molar-refractivity contribution in [2.75, 3.05) is 5.12 Å². The predicted molar refractivity (Wildman–Crippen MR) is 91.6 cm³/mol. The molecule has 0 amide bonds. The number of hydrogen-bond donors (Lipinski definition) is 1. The van der Waals surface area contributed by atoms with E-state index in [1.54, 1.807) is 12.1 Å². The van der Waals surface area contributed by atoms with Crippen LogP contribution in [-0.2, 0) is 6.42 Å². The number of hydrazone groups is 1. The zero-order chi connectivity index (χ0) is 18.5. The standard InChI is InChI=1S/C18H12FN5O3/c19-13-8-4-5-9-14(13)22-20-17-16-15(24(26)27-21-16)10-12(18(17)23(22)25)11-6-2-1-3-7-11/h1-9,25H,10H2. The molecule has 5 rings (SSSR count). The minimum atomic E-state index is -0.555. The van der Waals surface area contributed by atoms with Gasteiger partial charge in [0.15, 0.2) is 11.5 Å². The van der Waals surface area contributed by atoms with Crippen molar-refractivity contribution in [1.29, 1.82) is 0 Å². The molecular formula is C18H12FN5O3. The topological polar surface area (TPSA) is 92.0 Å². The third-order valence-electron chi connectivity index (χ3n) is 4.54. The van der Waals surface area contributed by atoms with Crippen LogP contribution >= 0.6 is 0 Å². The molecular weight excluding hydrogens is 353 g/mol. The molecule has 2 heterocycles. The molecule has 2 aromatic carbocycles. The van der Waals surface area contributed by atoms with Crippen molar-refractivity contribution < 1.29 is 19.1 Å². The summed E-state index contributed by atoms with van der Waals surface area (Å²) in [4.78, 5) is 0.324. The van der Waals surface area contributed by atoms with E-state index in [1.807, 2.05) is 30.3 Å². The monoisotopic (exact) mass is 365 g/mol. The number of rotatable bonds is 2. The van der Waals surface area contributed by atoms with Gasteiger partial charge in [-0.3, -0.25) is 9.84 Å². The fraction of sp³-hybridized carbons (Fsp3) is 0.0556. The van der Waals surface area contributed by atoms with Crippen molar-refractivity contribution in [2.45, 2.75) is 6.42 Å². The highest BCUT2D eigenvalue weighted by Gasteiger charge is 2.44. The Hall–Kier alpha value is -3.72. The third kappa shape index (κ3) is 2.22. The number of hydroxylamine groups is 1. The summed E-state index contributed by atoms with van der Waals surface area (Å²) in [5.74, 6) is -0.555. The zero-order valence-electron chi connectivity index (χ0n) is 13.8. The lowest BCUT2D eigenvalue weighted by Gasteiger charge is -2.25. The summed E-state index contributed by atoms with van der Waals surface area (Å²) in [6, 6.07) is 15.2. The number of benzene rings is 2. The molecule has 0 saturated heterocycles. The van der Waals surface area contributed by atoms with E-state index in [2.05, 4.69) is 10.3 Å². The van der Waals surface area contributed by atoms with Crippen molar-refractivity contribution in [1.82, 2.24) is 10.3 Å². The van der Waals surface area contributed by atoms with E-state index in [-0.39, 0.29) is 29.2 Å². The second-order valence-electron chi connectivity index (χ2n) is 6.07. The first kappa shape index (κ1) is 15.5. The molecule has 0 fully saturated rings. The summed E-state index contributed by atoms with van der Waals surface area (Å²) in [5.41, 5.74) is 2.56. The maximum Gasteiger partial charge on any atom is 0.274 e. The van der Waals surface area contributed by atoms with Gasteiger partial charge in [0.25, 0.3) is 5.69 Å². The van der Waals surface area contributed by atoms with Gasteiger partial charge in [-0.25, -0.2) is 4.39 Å². The van der Waals surface area contributed by atoms with Crippen molar-refractivity contribution in [3.8, 4) is 0 Å². The molecule has 1 N–H and O–H groups in total. The molecule has 1 aliphatic carbocycles. The number of para-hydroxylation sites is 1. The Morgan fingerprint density at radius 1 is 1.11 bits per heavy atom. The van der Waals surface area contributed by atoms with Gasteiger partial charge in [0.2, 0.25) is 5.69 Å². The Kier molecular flexibility index (Phi) is 3.25. The quantitative estimate of drug-likeness (QED) is 0.701. The highest BCUT2D eigenvalue weighted by Crippen LogP contribution is 2.38. The highest BCUT2D eigenvalue weighted by atomic mass is 19.1. The molecule has 0 bridgehead atoms. The molecule has 0 unspecified atom stereocenters. The first-order chi connectivity index (χ1) is 13.1. The number of allylic oxidation sites excluding steroid dienone is 2. The van der Waals surface area contributed by atoms with Crippen LogP contribution in [0.25, 0.3) is 5.57 Å². The molecule has 0 radical (unpaired) electrons. The molecule has 9 heteroatoms. The normalized spacial score (nSPS) is 15.7. The van der Waals surface area contributed by atoms with Gasteiger partial charge in [-0.2, -0.15) is 0 Å². The van der Waals surface area contributed by atoms with E-state index in [0.29, 0.717) is 16.2 Å². The van der Waals surface area contributed by atoms with E-state index in [1.165, 1.54) is 12.1 Å².